The lowest BCUT2D eigenvalue weighted by molar-refractivity contribution is 0.129. The van der Waals surface area contributed by atoms with Crippen LogP contribution >= 0.6 is 12.2 Å². The molecule has 0 aromatic heterocycles. The maximum Gasteiger partial charge on any atom is 0.168 e. The Bertz CT molecular complexity index is 172. The molecule has 3 nitrogen and oxygen atoms in total. The fourth-order valence-corrected chi connectivity index (χ4v) is 1.70. The summed E-state index contributed by atoms with van der Waals surface area (Å²) in [6.45, 7) is 11.0. The second-order valence-corrected chi connectivity index (χ2v) is 4.11. The highest BCUT2D eigenvalue weighted by Crippen LogP contribution is 1.91. The van der Waals surface area contributed by atoms with E-state index in [0.717, 1.165) is 50.8 Å². The quantitative estimate of drug-likeness (QED) is 0.499. The van der Waals surface area contributed by atoms with Gasteiger partial charge in [-0.05, 0) is 38.9 Å². The molecular weight excluding hydrogens is 220 g/mol. The highest BCUT2D eigenvalue weighted by molar-refractivity contribution is 7.80. The summed E-state index contributed by atoms with van der Waals surface area (Å²) in [5, 5.41) is 4.11. The molecule has 96 valence electrons. The van der Waals surface area contributed by atoms with Crippen LogP contribution in [0.4, 0.5) is 0 Å². The second-order valence-electron chi connectivity index (χ2n) is 3.72. The highest BCUT2D eigenvalue weighted by atomic mass is 32.1. The third kappa shape index (κ3) is 7.88. The molecule has 1 N–H and O–H groups in total. The van der Waals surface area contributed by atoms with E-state index in [2.05, 4.69) is 31.0 Å². The lowest BCUT2D eigenvalue weighted by Crippen LogP contribution is -2.40. The average molecular weight is 246 g/mol. The van der Waals surface area contributed by atoms with Gasteiger partial charge in [0.15, 0.2) is 5.11 Å². The largest absolute Gasteiger partial charge is 0.381 e. The Morgan fingerprint density at radius 3 is 2.31 bits per heavy atom. The Hall–Kier alpha value is -0.350. The molecule has 0 radical (unpaired) electrons. The number of hydrogen-bond acceptors (Lipinski definition) is 2. The van der Waals surface area contributed by atoms with E-state index in [4.69, 9.17) is 17.0 Å². The predicted molar refractivity (Wildman–Crippen MR) is 73.9 cm³/mol. The molecule has 0 atom stereocenters. The van der Waals surface area contributed by atoms with E-state index in [9.17, 15) is 0 Å². The van der Waals surface area contributed by atoms with Gasteiger partial charge in [-0.3, -0.25) is 0 Å². The van der Waals surface area contributed by atoms with Gasteiger partial charge in [0.05, 0.1) is 0 Å². The summed E-state index contributed by atoms with van der Waals surface area (Å²) < 4.78 is 5.47. The summed E-state index contributed by atoms with van der Waals surface area (Å²) in [6, 6.07) is 0. The topological polar surface area (TPSA) is 24.5 Å². The number of nitrogens with one attached hydrogen (secondary N) is 1. The summed E-state index contributed by atoms with van der Waals surface area (Å²) in [4.78, 5) is 2.15. The van der Waals surface area contributed by atoms with Crippen molar-refractivity contribution in [1.82, 2.24) is 10.2 Å². The molecule has 0 rings (SSSR count). The van der Waals surface area contributed by atoms with Crippen molar-refractivity contribution >= 4 is 17.3 Å². The molecule has 0 saturated carbocycles. The first kappa shape index (κ1) is 15.7. The molecule has 0 heterocycles. The molecule has 0 spiro atoms. The molecule has 0 saturated heterocycles. The summed E-state index contributed by atoms with van der Waals surface area (Å²) in [6.07, 6.45) is 3.38. The molecule has 0 unspecified atom stereocenters. The van der Waals surface area contributed by atoms with Crippen molar-refractivity contribution in [2.24, 2.45) is 0 Å². The van der Waals surface area contributed by atoms with Crippen molar-refractivity contribution in [1.29, 1.82) is 0 Å². The van der Waals surface area contributed by atoms with E-state index >= 15 is 0 Å². The van der Waals surface area contributed by atoms with Crippen LogP contribution in [0.5, 0.6) is 0 Å². The first-order valence-electron chi connectivity index (χ1n) is 6.36. The van der Waals surface area contributed by atoms with Gasteiger partial charge in [-0.25, -0.2) is 0 Å². The maximum atomic E-state index is 5.47. The summed E-state index contributed by atoms with van der Waals surface area (Å²) in [7, 11) is 0. The van der Waals surface area contributed by atoms with Crippen molar-refractivity contribution in [3.8, 4) is 0 Å². The van der Waals surface area contributed by atoms with E-state index < -0.39 is 0 Å². The molecule has 16 heavy (non-hydrogen) atoms. The minimum atomic E-state index is 0.827. The Morgan fingerprint density at radius 2 is 1.75 bits per heavy atom. The van der Waals surface area contributed by atoms with Crippen LogP contribution in [0, 0.1) is 0 Å². The zero-order chi connectivity index (χ0) is 12.2. The van der Waals surface area contributed by atoms with Crippen LogP contribution in [0.3, 0.4) is 0 Å². The first-order valence-corrected chi connectivity index (χ1v) is 6.77. The smallest absolute Gasteiger partial charge is 0.168 e. The van der Waals surface area contributed by atoms with E-state index in [1.54, 1.807) is 0 Å². The molecule has 0 fully saturated rings. The molecule has 0 amide bonds. The predicted octanol–water partition coefficient (Wildman–Crippen LogP) is 2.41. The van der Waals surface area contributed by atoms with Crippen LogP contribution in [-0.2, 0) is 4.74 Å². The van der Waals surface area contributed by atoms with Gasteiger partial charge in [-0.1, -0.05) is 13.3 Å². The van der Waals surface area contributed by atoms with E-state index in [1.807, 2.05) is 0 Å². The van der Waals surface area contributed by atoms with Crippen molar-refractivity contribution < 1.29 is 4.74 Å². The van der Waals surface area contributed by atoms with Gasteiger partial charge in [0, 0.05) is 32.8 Å². The van der Waals surface area contributed by atoms with Gasteiger partial charge in [0.1, 0.15) is 0 Å². The Morgan fingerprint density at radius 1 is 1.12 bits per heavy atom. The summed E-state index contributed by atoms with van der Waals surface area (Å²) in [5.74, 6) is 0. The van der Waals surface area contributed by atoms with Gasteiger partial charge in [-0.15, -0.1) is 0 Å². The van der Waals surface area contributed by atoms with E-state index in [0.29, 0.717) is 0 Å². The van der Waals surface area contributed by atoms with Crippen LogP contribution in [0.1, 0.15) is 40.0 Å². The van der Waals surface area contributed by atoms with Gasteiger partial charge in [-0.2, -0.15) is 0 Å². The van der Waals surface area contributed by atoms with Crippen molar-refractivity contribution in [3.63, 3.8) is 0 Å². The Labute approximate surface area is 106 Å². The molecule has 0 aliphatic rings. The molecule has 0 aliphatic carbocycles. The van der Waals surface area contributed by atoms with Crippen molar-refractivity contribution in [2.45, 2.75) is 40.0 Å². The zero-order valence-electron chi connectivity index (χ0n) is 10.9. The third-order valence-electron chi connectivity index (χ3n) is 2.43. The molecule has 0 aromatic carbocycles. The van der Waals surface area contributed by atoms with Crippen molar-refractivity contribution in [3.05, 3.63) is 0 Å². The number of nitrogens with zero attached hydrogens (tertiary/aromatic N) is 1. The monoisotopic (exact) mass is 246 g/mol. The van der Waals surface area contributed by atoms with E-state index in [1.165, 1.54) is 6.42 Å². The van der Waals surface area contributed by atoms with Crippen LogP contribution in [0.2, 0.25) is 0 Å². The minimum absolute atomic E-state index is 0.827. The van der Waals surface area contributed by atoms with Crippen LogP contribution < -0.4 is 5.32 Å². The number of hydrogen-bond donors (Lipinski definition) is 1. The second kappa shape index (κ2) is 11.1. The normalized spacial score (nSPS) is 10.2. The number of rotatable bonds is 9. The summed E-state index contributed by atoms with van der Waals surface area (Å²) >= 11 is 5.27. The summed E-state index contributed by atoms with van der Waals surface area (Å²) in [5.41, 5.74) is 0. The minimum Gasteiger partial charge on any atom is -0.381 e. The van der Waals surface area contributed by atoms with Crippen molar-refractivity contribution in [2.75, 3.05) is 32.8 Å². The maximum absolute atomic E-state index is 5.47. The first-order chi connectivity index (χ1) is 7.76. The number of unbranched alkanes of at least 4 members (excludes halogenated alkanes) is 1. The lowest BCUT2D eigenvalue weighted by Gasteiger charge is -2.22. The van der Waals surface area contributed by atoms with Crippen LogP contribution in [-0.4, -0.2) is 42.9 Å². The standard InChI is InChI=1S/C12H26N2OS/c1-4-7-10-15-11-8-9-13-12(16)14(5-2)6-3/h4-11H2,1-3H3,(H,13,16). The molecular formula is C12H26N2OS. The Balaban J connectivity index is 3.33. The van der Waals surface area contributed by atoms with Gasteiger partial charge < -0.3 is 15.0 Å². The molecule has 0 bridgehead atoms. The molecule has 4 heteroatoms. The molecule has 0 aromatic rings. The van der Waals surface area contributed by atoms with Crippen LogP contribution in [0.15, 0.2) is 0 Å². The number of thiocarbonyl (C=S) groups is 1. The van der Waals surface area contributed by atoms with Gasteiger partial charge in [0.25, 0.3) is 0 Å². The SMILES string of the molecule is CCCCOCCCNC(=S)N(CC)CC. The Kier molecular flexibility index (Phi) is 10.9. The number of ether oxygens (including phenoxy) is 1. The average Bonchev–Trinajstić information content (AvgIpc) is 2.29. The van der Waals surface area contributed by atoms with Gasteiger partial charge in [0.2, 0.25) is 0 Å². The fraction of sp³-hybridized carbons (Fsp3) is 0.917. The highest BCUT2D eigenvalue weighted by Gasteiger charge is 2.02. The molecule has 0 aliphatic heterocycles. The van der Waals surface area contributed by atoms with Gasteiger partial charge >= 0.3 is 0 Å². The lowest BCUT2D eigenvalue weighted by atomic mass is 10.4. The van der Waals surface area contributed by atoms with Crippen LogP contribution in [0.25, 0.3) is 0 Å². The zero-order valence-corrected chi connectivity index (χ0v) is 11.7. The third-order valence-corrected chi connectivity index (χ3v) is 2.84. The fourth-order valence-electron chi connectivity index (χ4n) is 1.34. The van der Waals surface area contributed by atoms with E-state index in [-0.39, 0.29) is 0 Å².